The lowest BCUT2D eigenvalue weighted by Crippen LogP contribution is -2.40. The van der Waals surface area contributed by atoms with Crippen LogP contribution in [0.5, 0.6) is 0 Å². The molecule has 20 heavy (non-hydrogen) atoms. The van der Waals surface area contributed by atoms with Crippen molar-refractivity contribution in [1.82, 2.24) is 14.8 Å². The number of nitrogens with zero attached hydrogens (tertiary/aromatic N) is 2. The molecule has 0 radical (unpaired) electrons. The average molecular weight is 277 g/mol. The predicted molar refractivity (Wildman–Crippen MR) is 77.5 cm³/mol. The van der Waals surface area contributed by atoms with E-state index in [-0.39, 0.29) is 11.8 Å². The van der Waals surface area contributed by atoms with Crippen LogP contribution in [-0.2, 0) is 18.3 Å². The fourth-order valence-corrected chi connectivity index (χ4v) is 2.99. The van der Waals surface area contributed by atoms with Crippen LogP contribution >= 0.6 is 0 Å². The number of likely N-dealkylation sites (tertiary alicyclic amines) is 1. The molecule has 0 aliphatic carbocycles. The van der Waals surface area contributed by atoms with Gasteiger partial charge < -0.3 is 14.8 Å². The molecule has 1 saturated heterocycles. The first kappa shape index (κ1) is 14.6. The van der Waals surface area contributed by atoms with Crippen LogP contribution in [0, 0.1) is 5.41 Å². The summed E-state index contributed by atoms with van der Waals surface area (Å²) in [7, 11) is 3.60. The SMILES string of the molecule is CCc1c(C(=O)N2CCC(C)(C(=O)NC)C2)ccn1C. The normalized spacial score (nSPS) is 22.1. The smallest absolute Gasteiger partial charge is 0.255 e. The van der Waals surface area contributed by atoms with E-state index in [2.05, 4.69) is 5.32 Å². The third-order valence-corrected chi connectivity index (χ3v) is 4.30. The molecule has 1 atom stereocenters. The summed E-state index contributed by atoms with van der Waals surface area (Å²) in [5.41, 5.74) is 1.34. The number of carbonyl (C=O) groups excluding carboxylic acids is 2. The molecule has 1 fully saturated rings. The van der Waals surface area contributed by atoms with Crippen LogP contribution in [0.3, 0.4) is 0 Å². The lowest BCUT2D eigenvalue weighted by Gasteiger charge is -2.22. The fourth-order valence-electron chi connectivity index (χ4n) is 2.99. The summed E-state index contributed by atoms with van der Waals surface area (Å²) < 4.78 is 1.99. The van der Waals surface area contributed by atoms with Crippen LogP contribution in [-0.4, -0.2) is 41.4 Å². The van der Waals surface area contributed by atoms with E-state index < -0.39 is 5.41 Å². The summed E-state index contributed by atoms with van der Waals surface area (Å²) in [6.07, 6.45) is 3.46. The average Bonchev–Trinajstić information content (AvgIpc) is 3.01. The molecule has 0 saturated carbocycles. The Morgan fingerprint density at radius 2 is 2.15 bits per heavy atom. The topological polar surface area (TPSA) is 54.3 Å². The fraction of sp³-hybridized carbons (Fsp3) is 0.600. The predicted octanol–water partition coefficient (Wildman–Crippen LogP) is 1.19. The Balaban J connectivity index is 2.18. The molecule has 0 bridgehead atoms. The Kier molecular flexibility index (Phi) is 3.88. The Hall–Kier alpha value is -1.78. The molecule has 1 aromatic heterocycles. The van der Waals surface area contributed by atoms with Crippen molar-refractivity contribution in [3.8, 4) is 0 Å². The van der Waals surface area contributed by atoms with Gasteiger partial charge in [0, 0.05) is 39.1 Å². The van der Waals surface area contributed by atoms with Crippen molar-refractivity contribution < 1.29 is 9.59 Å². The number of rotatable bonds is 3. The van der Waals surface area contributed by atoms with Gasteiger partial charge in [0.2, 0.25) is 5.91 Å². The van der Waals surface area contributed by atoms with E-state index >= 15 is 0 Å². The first-order valence-corrected chi connectivity index (χ1v) is 7.08. The number of hydrogen-bond donors (Lipinski definition) is 1. The summed E-state index contributed by atoms with van der Waals surface area (Å²) in [5, 5.41) is 2.69. The molecule has 110 valence electrons. The van der Waals surface area contributed by atoms with Crippen molar-refractivity contribution >= 4 is 11.8 Å². The number of carbonyl (C=O) groups is 2. The van der Waals surface area contributed by atoms with E-state index in [1.807, 2.05) is 37.7 Å². The van der Waals surface area contributed by atoms with Crippen LogP contribution in [0.1, 0.15) is 36.3 Å². The van der Waals surface area contributed by atoms with Gasteiger partial charge in [-0.25, -0.2) is 0 Å². The highest BCUT2D eigenvalue weighted by molar-refractivity contribution is 5.96. The number of aryl methyl sites for hydroxylation is 1. The monoisotopic (exact) mass is 277 g/mol. The van der Waals surface area contributed by atoms with Gasteiger partial charge in [-0.2, -0.15) is 0 Å². The molecule has 2 rings (SSSR count). The van der Waals surface area contributed by atoms with Gasteiger partial charge in [-0.1, -0.05) is 6.92 Å². The Morgan fingerprint density at radius 3 is 2.75 bits per heavy atom. The van der Waals surface area contributed by atoms with Crippen molar-refractivity contribution in [3.05, 3.63) is 23.5 Å². The lowest BCUT2D eigenvalue weighted by molar-refractivity contribution is -0.128. The van der Waals surface area contributed by atoms with Crippen LogP contribution < -0.4 is 5.32 Å². The summed E-state index contributed by atoms with van der Waals surface area (Å²) >= 11 is 0. The minimum Gasteiger partial charge on any atom is -0.359 e. The number of amides is 2. The van der Waals surface area contributed by atoms with Crippen LogP contribution in [0.15, 0.2) is 12.3 Å². The molecule has 0 aromatic carbocycles. The largest absolute Gasteiger partial charge is 0.359 e. The van der Waals surface area contributed by atoms with Gasteiger partial charge in [0.15, 0.2) is 0 Å². The van der Waals surface area contributed by atoms with E-state index in [0.717, 1.165) is 17.7 Å². The second kappa shape index (κ2) is 5.31. The van der Waals surface area contributed by atoms with Crippen molar-refractivity contribution in [2.75, 3.05) is 20.1 Å². The van der Waals surface area contributed by atoms with Crippen molar-refractivity contribution in [3.63, 3.8) is 0 Å². The highest BCUT2D eigenvalue weighted by atomic mass is 16.2. The molecule has 1 aliphatic rings. The van der Waals surface area contributed by atoms with Gasteiger partial charge >= 0.3 is 0 Å². The zero-order valence-corrected chi connectivity index (χ0v) is 12.7. The lowest BCUT2D eigenvalue weighted by atomic mass is 9.89. The summed E-state index contributed by atoms with van der Waals surface area (Å²) in [5.74, 6) is 0.0478. The zero-order valence-electron chi connectivity index (χ0n) is 12.7. The Labute approximate surface area is 119 Å². The Bertz CT molecular complexity index is 535. The van der Waals surface area contributed by atoms with Gasteiger partial charge in [0.1, 0.15) is 0 Å². The Morgan fingerprint density at radius 1 is 1.45 bits per heavy atom. The maximum absolute atomic E-state index is 12.6. The second-order valence-electron chi connectivity index (χ2n) is 5.76. The van der Waals surface area contributed by atoms with E-state index in [1.165, 1.54) is 0 Å². The summed E-state index contributed by atoms with van der Waals surface area (Å²) in [6.45, 7) is 5.10. The molecule has 1 N–H and O–H groups in total. The van der Waals surface area contributed by atoms with E-state index in [1.54, 1.807) is 11.9 Å². The molecule has 5 heteroatoms. The van der Waals surface area contributed by atoms with Crippen molar-refractivity contribution in [1.29, 1.82) is 0 Å². The molecule has 2 amide bonds. The molecule has 5 nitrogen and oxygen atoms in total. The van der Waals surface area contributed by atoms with Gasteiger partial charge in [-0.3, -0.25) is 9.59 Å². The molecule has 1 unspecified atom stereocenters. The van der Waals surface area contributed by atoms with Gasteiger partial charge in [0.25, 0.3) is 5.91 Å². The molecular formula is C15H23N3O2. The van der Waals surface area contributed by atoms with Gasteiger partial charge in [-0.15, -0.1) is 0 Å². The summed E-state index contributed by atoms with van der Waals surface area (Å²) in [4.78, 5) is 26.3. The van der Waals surface area contributed by atoms with Crippen molar-refractivity contribution in [2.24, 2.45) is 12.5 Å². The van der Waals surface area contributed by atoms with Crippen LogP contribution in [0.25, 0.3) is 0 Å². The van der Waals surface area contributed by atoms with Crippen molar-refractivity contribution in [2.45, 2.75) is 26.7 Å². The van der Waals surface area contributed by atoms with Gasteiger partial charge in [-0.05, 0) is 25.8 Å². The first-order valence-electron chi connectivity index (χ1n) is 7.08. The maximum Gasteiger partial charge on any atom is 0.255 e. The van der Waals surface area contributed by atoms with E-state index in [4.69, 9.17) is 0 Å². The molecule has 0 spiro atoms. The van der Waals surface area contributed by atoms with E-state index in [9.17, 15) is 9.59 Å². The molecule has 2 heterocycles. The number of hydrogen-bond acceptors (Lipinski definition) is 2. The highest BCUT2D eigenvalue weighted by Gasteiger charge is 2.42. The zero-order chi connectivity index (χ0) is 14.9. The molecular weight excluding hydrogens is 254 g/mol. The van der Waals surface area contributed by atoms with Gasteiger partial charge in [0.05, 0.1) is 11.0 Å². The minimum atomic E-state index is -0.467. The number of aromatic nitrogens is 1. The van der Waals surface area contributed by atoms with E-state index in [0.29, 0.717) is 19.5 Å². The molecule has 1 aromatic rings. The minimum absolute atomic E-state index is 0.0107. The quantitative estimate of drug-likeness (QED) is 0.902. The first-order chi connectivity index (χ1) is 9.42. The third kappa shape index (κ3) is 2.32. The maximum atomic E-state index is 12.6. The standard InChI is InChI=1S/C15H23N3O2/c1-5-12-11(6-8-17(12)4)13(19)18-9-7-15(2,10-18)14(20)16-3/h6,8H,5,7,9-10H2,1-4H3,(H,16,20). The molecule has 1 aliphatic heterocycles. The number of nitrogens with one attached hydrogen (secondary N) is 1. The second-order valence-corrected chi connectivity index (χ2v) is 5.76. The third-order valence-electron chi connectivity index (χ3n) is 4.30. The van der Waals surface area contributed by atoms with Crippen LogP contribution in [0.2, 0.25) is 0 Å². The van der Waals surface area contributed by atoms with Crippen LogP contribution in [0.4, 0.5) is 0 Å². The summed E-state index contributed by atoms with van der Waals surface area (Å²) in [6, 6.07) is 1.87. The highest BCUT2D eigenvalue weighted by Crippen LogP contribution is 2.31.